The van der Waals surface area contributed by atoms with E-state index in [0.29, 0.717) is 0 Å². The summed E-state index contributed by atoms with van der Waals surface area (Å²) in [6.45, 7) is 3.07. The molecule has 1 rings (SSSR count). The van der Waals surface area contributed by atoms with Crippen molar-refractivity contribution < 1.29 is 4.42 Å². The van der Waals surface area contributed by atoms with Crippen LogP contribution in [0.5, 0.6) is 0 Å². The van der Waals surface area contributed by atoms with E-state index in [4.69, 9.17) is 4.42 Å². The van der Waals surface area contributed by atoms with Crippen molar-refractivity contribution >= 4 is 6.08 Å². The summed E-state index contributed by atoms with van der Waals surface area (Å²) in [5.74, 6) is 0.933. The number of hydrogen-bond donors (Lipinski definition) is 1. The second-order valence-corrected chi connectivity index (χ2v) is 2.70. The van der Waals surface area contributed by atoms with E-state index >= 15 is 0 Å². The third kappa shape index (κ3) is 2.55. The molecule has 66 valence electrons. The molecule has 0 aromatic carbocycles. The molecule has 2 heteroatoms. The number of furan rings is 1. The van der Waals surface area contributed by atoms with Crippen LogP contribution in [0, 0.1) is 0 Å². The molecule has 0 aliphatic heterocycles. The molecule has 0 saturated heterocycles. The molecule has 0 unspecified atom stereocenters. The number of rotatable bonds is 4. The Hall–Kier alpha value is -1.02. The Bertz CT molecular complexity index is 236. The highest BCUT2D eigenvalue weighted by atomic mass is 16.3. The maximum atomic E-state index is 5.21. The molecule has 0 fully saturated rings. The molecule has 1 heterocycles. The number of hydrogen-bond acceptors (Lipinski definition) is 2. The summed E-state index contributed by atoms with van der Waals surface area (Å²) in [5.41, 5.74) is 1.35. The maximum absolute atomic E-state index is 5.21. The van der Waals surface area contributed by atoms with Crippen molar-refractivity contribution in [3.8, 4) is 0 Å². The van der Waals surface area contributed by atoms with Crippen LogP contribution in [0.4, 0.5) is 0 Å². The number of nitrogens with one attached hydrogen (secondary N) is 1. The molecule has 0 bridgehead atoms. The maximum Gasteiger partial charge on any atom is 0.126 e. The van der Waals surface area contributed by atoms with Gasteiger partial charge in [-0.05, 0) is 31.7 Å². The highest BCUT2D eigenvalue weighted by Crippen LogP contribution is 2.08. The van der Waals surface area contributed by atoms with E-state index in [2.05, 4.69) is 18.3 Å². The smallest absolute Gasteiger partial charge is 0.126 e. The fourth-order valence-electron chi connectivity index (χ4n) is 1.08. The van der Waals surface area contributed by atoms with E-state index in [1.807, 2.05) is 19.2 Å². The van der Waals surface area contributed by atoms with Crippen molar-refractivity contribution in [3.63, 3.8) is 0 Å². The number of likely N-dealkylation sites (N-methyl/N-ethyl adjacent to an activating group) is 1. The van der Waals surface area contributed by atoms with Gasteiger partial charge in [0, 0.05) is 6.54 Å². The zero-order valence-electron chi connectivity index (χ0n) is 7.63. The topological polar surface area (TPSA) is 25.2 Å². The summed E-state index contributed by atoms with van der Waals surface area (Å²) in [5, 5.41) is 3.12. The van der Waals surface area contributed by atoms with Crippen LogP contribution in [0.2, 0.25) is 0 Å². The molecule has 12 heavy (non-hydrogen) atoms. The average Bonchev–Trinajstić information content (AvgIpc) is 2.56. The van der Waals surface area contributed by atoms with Crippen molar-refractivity contribution in [2.24, 2.45) is 0 Å². The normalized spacial score (nSPS) is 12.0. The minimum atomic E-state index is 0.928. The predicted octanol–water partition coefficient (Wildman–Crippen LogP) is 2.29. The highest BCUT2D eigenvalue weighted by molar-refractivity contribution is 5.47. The third-order valence-corrected chi connectivity index (χ3v) is 1.75. The van der Waals surface area contributed by atoms with E-state index in [-0.39, 0.29) is 0 Å². The first-order valence-electron chi connectivity index (χ1n) is 4.24. The van der Waals surface area contributed by atoms with Crippen LogP contribution in [-0.4, -0.2) is 13.6 Å². The third-order valence-electron chi connectivity index (χ3n) is 1.75. The van der Waals surface area contributed by atoms with Crippen LogP contribution in [0.15, 0.2) is 28.4 Å². The molecule has 0 atom stereocenters. The zero-order chi connectivity index (χ0) is 8.81. The fourth-order valence-corrected chi connectivity index (χ4v) is 1.08. The molecular weight excluding hydrogens is 150 g/mol. The van der Waals surface area contributed by atoms with Gasteiger partial charge in [0.2, 0.25) is 0 Å². The Morgan fingerprint density at radius 1 is 1.67 bits per heavy atom. The molecular formula is C10H15NO. The first-order valence-corrected chi connectivity index (χ1v) is 4.24. The highest BCUT2D eigenvalue weighted by Gasteiger charge is 1.94. The van der Waals surface area contributed by atoms with Crippen LogP contribution in [0.3, 0.4) is 0 Å². The molecule has 1 aromatic rings. The van der Waals surface area contributed by atoms with E-state index in [1.165, 1.54) is 5.57 Å². The fraction of sp³-hybridized carbons (Fsp3) is 0.400. The lowest BCUT2D eigenvalue weighted by atomic mass is 10.2. The van der Waals surface area contributed by atoms with Gasteiger partial charge in [0.1, 0.15) is 5.76 Å². The molecule has 0 spiro atoms. The van der Waals surface area contributed by atoms with Crippen molar-refractivity contribution in [1.29, 1.82) is 0 Å². The van der Waals surface area contributed by atoms with E-state index < -0.39 is 0 Å². The van der Waals surface area contributed by atoms with Gasteiger partial charge in [-0.1, -0.05) is 12.5 Å². The minimum Gasteiger partial charge on any atom is -0.465 e. The Morgan fingerprint density at radius 2 is 2.50 bits per heavy atom. The first-order chi connectivity index (χ1) is 5.86. The van der Waals surface area contributed by atoms with Gasteiger partial charge in [-0.3, -0.25) is 0 Å². The van der Waals surface area contributed by atoms with Gasteiger partial charge in [0.15, 0.2) is 0 Å². The Morgan fingerprint density at radius 3 is 3.00 bits per heavy atom. The zero-order valence-corrected chi connectivity index (χ0v) is 7.63. The SMILES string of the molecule is CCC(=Cc1ccco1)CNC. The summed E-state index contributed by atoms with van der Waals surface area (Å²) in [4.78, 5) is 0. The van der Waals surface area contributed by atoms with Gasteiger partial charge in [0.25, 0.3) is 0 Å². The van der Waals surface area contributed by atoms with Crippen molar-refractivity contribution in [3.05, 3.63) is 29.7 Å². The quantitative estimate of drug-likeness (QED) is 0.740. The summed E-state index contributed by atoms with van der Waals surface area (Å²) < 4.78 is 5.21. The van der Waals surface area contributed by atoms with Crippen LogP contribution in [0.25, 0.3) is 6.08 Å². The van der Waals surface area contributed by atoms with Gasteiger partial charge >= 0.3 is 0 Å². The Kier molecular flexibility index (Phi) is 3.61. The van der Waals surface area contributed by atoms with Crippen LogP contribution < -0.4 is 5.32 Å². The van der Waals surface area contributed by atoms with E-state index in [1.54, 1.807) is 6.26 Å². The van der Waals surface area contributed by atoms with Crippen molar-refractivity contribution in [2.45, 2.75) is 13.3 Å². The lowest BCUT2D eigenvalue weighted by molar-refractivity contribution is 0.556. The molecule has 0 radical (unpaired) electrons. The molecule has 1 N–H and O–H groups in total. The van der Waals surface area contributed by atoms with Gasteiger partial charge in [-0.15, -0.1) is 0 Å². The lowest BCUT2D eigenvalue weighted by Crippen LogP contribution is -2.09. The average molecular weight is 165 g/mol. The molecule has 0 aliphatic carbocycles. The van der Waals surface area contributed by atoms with Crippen LogP contribution >= 0.6 is 0 Å². The summed E-state index contributed by atoms with van der Waals surface area (Å²) >= 11 is 0. The van der Waals surface area contributed by atoms with Crippen molar-refractivity contribution in [2.75, 3.05) is 13.6 Å². The van der Waals surface area contributed by atoms with Gasteiger partial charge in [0.05, 0.1) is 6.26 Å². The summed E-state index contributed by atoms with van der Waals surface area (Å²) in [6.07, 6.45) is 4.83. The monoisotopic (exact) mass is 165 g/mol. The van der Waals surface area contributed by atoms with Crippen LogP contribution in [0.1, 0.15) is 19.1 Å². The van der Waals surface area contributed by atoms with Crippen LogP contribution in [-0.2, 0) is 0 Å². The summed E-state index contributed by atoms with van der Waals surface area (Å²) in [7, 11) is 1.95. The molecule has 0 amide bonds. The standard InChI is InChI=1S/C10H15NO/c1-3-9(8-11-2)7-10-5-4-6-12-10/h4-7,11H,3,8H2,1-2H3. The molecule has 0 aliphatic rings. The second kappa shape index (κ2) is 4.78. The first kappa shape index (κ1) is 9.07. The Balaban J connectivity index is 2.64. The van der Waals surface area contributed by atoms with Gasteiger partial charge in [-0.25, -0.2) is 0 Å². The Labute approximate surface area is 73.3 Å². The molecule has 0 saturated carbocycles. The second-order valence-electron chi connectivity index (χ2n) is 2.70. The summed E-state index contributed by atoms with van der Waals surface area (Å²) in [6, 6.07) is 3.86. The molecule has 2 nitrogen and oxygen atoms in total. The van der Waals surface area contributed by atoms with Crippen molar-refractivity contribution in [1.82, 2.24) is 5.32 Å². The predicted molar refractivity (Wildman–Crippen MR) is 50.9 cm³/mol. The lowest BCUT2D eigenvalue weighted by Gasteiger charge is -2.01. The molecule has 1 aromatic heterocycles. The minimum absolute atomic E-state index is 0.928. The largest absolute Gasteiger partial charge is 0.465 e. The van der Waals surface area contributed by atoms with E-state index in [0.717, 1.165) is 18.7 Å². The van der Waals surface area contributed by atoms with Gasteiger partial charge in [-0.2, -0.15) is 0 Å². The van der Waals surface area contributed by atoms with Gasteiger partial charge < -0.3 is 9.73 Å². The van der Waals surface area contributed by atoms with E-state index in [9.17, 15) is 0 Å².